The molecule has 0 aliphatic carbocycles. The largest absolute Gasteiger partial charge is 0.497 e. The number of nitrogens with one attached hydrogen (secondary N) is 1. The van der Waals surface area contributed by atoms with Crippen LogP contribution in [0, 0.1) is 0 Å². The van der Waals surface area contributed by atoms with Gasteiger partial charge in [-0.05, 0) is 30.5 Å². The van der Waals surface area contributed by atoms with Crippen LogP contribution in [-0.2, 0) is 6.42 Å². The molecule has 1 aromatic heterocycles. The molecule has 0 saturated carbocycles. The lowest BCUT2D eigenvalue weighted by atomic mass is 10.1. The predicted octanol–water partition coefficient (Wildman–Crippen LogP) is 2.77. The van der Waals surface area contributed by atoms with Crippen LogP contribution < -0.4 is 10.1 Å². The molecule has 2 heterocycles. The Morgan fingerprint density at radius 2 is 2.18 bits per heavy atom. The summed E-state index contributed by atoms with van der Waals surface area (Å²) in [7, 11) is 1.65. The Morgan fingerprint density at radius 1 is 1.36 bits per heavy atom. The van der Waals surface area contributed by atoms with Crippen LogP contribution >= 0.6 is 11.3 Å². The molecule has 1 aliphatic rings. The molecule has 0 unspecified atom stereocenters. The predicted molar refractivity (Wildman–Crippen MR) is 85.5 cm³/mol. The average Bonchev–Trinajstić information content (AvgIpc) is 3.19. The van der Waals surface area contributed by atoms with Crippen molar-refractivity contribution in [2.75, 3.05) is 25.5 Å². The lowest BCUT2D eigenvalue weighted by Crippen LogP contribution is -2.32. The monoisotopic (exact) mass is 318 g/mol. The number of nitrogens with zero attached hydrogens (tertiary/aromatic N) is 3. The van der Waals surface area contributed by atoms with Crippen molar-refractivity contribution in [3.05, 3.63) is 34.8 Å². The van der Waals surface area contributed by atoms with E-state index < -0.39 is 0 Å². The molecular weight excluding hydrogens is 300 g/mol. The first kappa shape index (κ1) is 14.8. The minimum atomic E-state index is -0.0819. The van der Waals surface area contributed by atoms with Gasteiger partial charge in [0.2, 0.25) is 5.13 Å². The van der Waals surface area contributed by atoms with Gasteiger partial charge in [-0.3, -0.25) is 5.32 Å². The molecule has 2 amide bonds. The van der Waals surface area contributed by atoms with Crippen LogP contribution in [0.1, 0.15) is 23.4 Å². The van der Waals surface area contributed by atoms with Crippen LogP contribution in [0.5, 0.6) is 5.75 Å². The summed E-state index contributed by atoms with van der Waals surface area (Å²) in [6, 6.07) is 7.77. The number of hydrogen-bond donors (Lipinski definition) is 1. The molecule has 116 valence electrons. The summed E-state index contributed by atoms with van der Waals surface area (Å²) in [6.45, 7) is 1.64. The Kier molecular flexibility index (Phi) is 4.53. The van der Waals surface area contributed by atoms with Crippen molar-refractivity contribution >= 4 is 22.5 Å². The highest BCUT2D eigenvalue weighted by molar-refractivity contribution is 7.15. The van der Waals surface area contributed by atoms with E-state index >= 15 is 0 Å². The fraction of sp³-hybridized carbons (Fsp3) is 0.400. The number of carbonyl (C=O) groups excluding carboxylic acids is 1. The number of rotatable bonds is 4. The quantitative estimate of drug-likeness (QED) is 0.941. The summed E-state index contributed by atoms with van der Waals surface area (Å²) in [5, 5.41) is 12.4. The van der Waals surface area contributed by atoms with Crippen LogP contribution in [0.4, 0.5) is 9.93 Å². The fourth-order valence-corrected chi connectivity index (χ4v) is 3.19. The smallest absolute Gasteiger partial charge is 0.323 e. The number of methoxy groups -OCH3 is 1. The van der Waals surface area contributed by atoms with E-state index in [4.69, 9.17) is 4.74 Å². The van der Waals surface area contributed by atoms with Gasteiger partial charge in [0, 0.05) is 19.5 Å². The average molecular weight is 318 g/mol. The van der Waals surface area contributed by atoms with Crippen LogP contribution in [0.2, 0.25) is 0 Å². The SMILES string of the molecule is COc1cccc(Cc2nnc(NC(=O)N3CCCC3)s2)c1. The van der Waals surface area contributed by atoms with E-state index in [0.29, 0.717) is 11.6 Å². The van der Waals surface area contributed by atoms with Crippen molar-refractivity contribution in [3.8, 4) is 5.75 Å². The molecule has 22 heavy (non-hydrogen) atoms. The van der Waals surface area contributed by atoms with Crippen LogP contribution in [-0.4, -0.2) is 41.3 Å². The molecule has 1 N–H and O–H groups in total. The van der Waals surface area contributed by atoms with E-state index in [9.17, 15) is 4.79 Å². The number of hydrogen-bond acceptors (Lipinski definition) is 5. The van der Waals surface area contributed by atoms with Crippen LogP contribution in [0.15, 0.2) is 24.3 Å². The zero-order valence-corrected chi connectivity index (χ0v) is 13.2. The number of aromatic nitrogens is 2. The molecule has 1 aromatic carbocycles. The number of ether oxygens (including phenoxy) is 1. The third kappa shape index (κ3) is 3.54. The number of amides is 2. The molecule has 7 heteroatoms. The molecule has 1 aliphatic heterocycles. The number of urea groups is 1. The summed E-state index contributed by atoms with van der Waals surface area (Å²) in [5.41, 5.74) is 1.10. The van der Waals surface area contributed by atoms with Gasteiger partial charge in [-0.25, -0.2) is 4.79 Å². The van der Waals surface area contributed by atoms with E-state index in [0.717, 1.165) is 42.3 Å². The van der Waals surface area contributed by atoms with Gasteiger partial charge in [-0.2, -0.15) is 0 Å². The third-order valence-electron chi connectivity index (χ3n) is 3.56. The number of anilines is 1. The third-order valence-corrected chi connectivity index (χ3v) is 4.40. The van der Waals surface area contributed by atoms with Gasteiger partial charge < -0.3 is 9.64 Å². The second kappa shape index (κ2) is 6.74. The van der Waals surface area contributed by atoms with Crippen molar-refractivity contribution in [3.63, 3.8) is 0 Å². The van der Waals surface area contributed by atoms with Crippen molar-refractivity contribution in [1.29, 1.82) is 0 Å². The second-order valence-electron chi connectivity index (χ2n) is 5.15. The van der Waals surface area contributed by atoms with E-state index in [2.05, 4.69) is 15.5 Å². The van der Waals surface area contributed by atoms with Crippen molar-refractivity contribution < 1.29 is 9.53 Å². The van der Waals surface area contributed by atoms with Gasteiger partial charge in [-0.1, -0.05) is 23.5 Å². The molecule has 2 aromatic rings. The van der Waals surface area contributed by atoms with Gasteiger partial charge in [0.1, 0.15) is 10.8 Å². The Bertz CT molecular complexity index is 652. The van der Waals surface area contributed by atoms with Gasteiger partial charge in [0.05, 0.1) is 7.11 Å². The lowest BCUT2D eigenvalue weighted by Gasteiger charge is -2.14. The standard InChI is InChI=1S/C15H18N4O2S/c1-21-12-6-4-5-11(9-12)10-13-17-18-14(22-13)16-15(20)19-7-2-3-8-19/h4-6,9H,2-3,7-8,10H2,1H3,(H,16,18,20). The highest BCUT2D eigenvalue weighted by atomic mass is 32.1. The number of likely N-dealkylation sites (tertiary alicyclic amines) is 1. The topological polar surface area (TPSA) is 67.4 Å². The fourth-order valence-electron chi connectivity index (χ4n) is 2.42. The number of benzene rings is 1. The van der Waals surface area contributed by atoms with Crippen LogP contribution in [0.25, 0.3) is 0 Å². The number of carbonyl (C=O) groups is 1. The normalized spacial score (nSPS) is 14.1. The zero-order valence-electron chi connectivity index (χ0n) is 12.4. The van der Waals surface area contributed by atoms with E-state index in [1.165, 1.54) is 11.3 Å². The van der Waals surface area contributed by atoms with Crippen LogP contribution in [0.3, 0.4) is 0 Å². The van der Waals surface area contributed by atoms with Gasteiger partial charge in [0.15, 0.2) is 0 Å². The van der Waals surface area contributed by atoms with E-state index in [1.807, 2.05) is 29.2 Å². The van der Waals surface area contributed by atoms with Crippen molar-refractivity contribution in [2.45, 2.75) is 19.3 Å². The zero-order chi connectivity index (χ0) is 15.4. The molecule has 6 nitrogen and oxygen atoms in total. The molecular formula is C15H18N4O2S. The minimum Gasteiger partial charge on any atom is -0.497 e. The van der Waals surface area contributed by atoms with Crippen molar-refractivity contribution in [2.24, 2.45) is 0 Å². The molecule has 3 rings (SSSR count). The summed E-state index contributed by atoms with van der Waals surface area (Å²) in [4.78, 5) is 13.8. The molecule has 0 bridgehead atoms. The second-order valence-corrected chi connectivity index (χ2v) is 6.22. The summed E-state index contributed by atoms with van der Waals surface area (Å²) >= 11 is 1.41. The van der Waals surface area contributed by atoms with E-state index in [-0.39, 0.29) is 6.03 Å². The minimum absolute atomic E-state index is 0.0819. The van der Waals surface area contributed by atoms with Gasteiger partial charge >= 0.3 is 6.03 Å². The Balaban J connectivity index is 1.62. The molecule has 1 saturated heterocycles. The highest BCUT2D eigenvalue weighted by Gasteiger charge is 2.19. The lowest BCUT2D eigenvalue weighted by molar-refractivity contribution is 0.222. The summed E-state index contributed by atoms with van der Waals surface area (Å²) < 4.78 is 5.21. The molecule has 0 radical (unpaired) electrons. The van der Waals surface area contributed by atoms with Gasteiger partial charge in [0.25, 0.3) is 0 Å². The Labute approximate surface area is 133 Å². The summed E-state index contributed by atoms with van der Waals surface area (Å²) in [5.74, 6) is 0.824. The van der Waals surface area contributed by atoms with Gasteiger partial charge in [-0.15, -0.1) is 10.2 Å². The maximum atomic E-state index is 12.0. The molecule has 1 fully saturated rings. The highest BCUT2D eigenvalue weighted by Crippen LogP contribution is 2.21. The molecule has 0 spiro atoms. The Morgan fingerprint density at radius 3 is 2.95 bits per heavy atom. The first-order chi connectivity index (χ1) is 10.7. The summed E-state index contributed by atoms with van der Waals surface area (Å²) in [6.07, 6.45) is 2.82. The maximum Gasteiger partial charge on any atom is 0.323 e. The maximum absolute atomic E-state index is 12.0. The Hall–Kier alpha value is -2.15. The molecule has 0 atom stereocenters. The first-order valence-electron chi connectivity index (χ1n) is 7.26. The first-order valence-corrected chi connectivity index (χ1v) is 8.07. The van der Waals surface area contributed by atoms with Crippen molar-refractivity contribution in [1.82, 2.24) is 15.1 Å². The van der Waals surface area contributed by atoms with E-state index in [1.54, 1.807) is 7.11 Å².